The van der Waals surface area contributed by atoms with Crippen molar-refractivity contribution in [2.24, 2.45) is 0 Å². The lowest BCUT2D eigenvalue weighted by Gasteiger charge is -2.12. The summed E-state index contributed by atoms with van der Waals surface area (Å²) >= 11 is 6.20. The van der Waals surface area contributed by atoms with Crippen LogP contribution in [0.3, 0.4) is 0 Å². The first-order chi connectivity index (χ1) is 15.0. The molecule has 31 heavy (non-hydrogen) atoms. The molecule has 0 atom stereocenters. The molecule has 10 heteroatoms. The normalized spacial score (nSPS) is 10.5. The van der Waals surface area contributed by atoms with Gasteiger partial charge in [-0.05, 0) is 24.3 Å². The number of hydrogen-bond donors (Lipinski definition) is 2. The summed E-state index contributed by atoms with van der Waals surface area (Å²) in [6.45, 7) is 0. The minimum atomic E-state index is -0.765. The van der Waals surface area contributed by atoms with Gasteiger partial charge in [0.25, 0.3) is 5.91 Å². The highest BCUT2D eigenvalue weighted by Crippen LogP contribution is 2.30. The number of carbonyl (C=O) groups is 1. The predicted molar refractivity (Wildman–Crippen MR) is 114 cm³/mol. The van der Waals surface area contributed by atoms with Gasteiger partial charge in [0.05, 0.1) is 46.7 Å². The Morgan fingerprint density at radius 1 is 1.16 bits per heavy atom. The van der Waals surface area contributed by atoms with Gasteiger partial charge in [-0.25, -0.2) is 9.37 Å². The molecule has 0 saturated heterocycles. The van der Waals surface area contributed by atoms with E-state index in [0.717, 1.165) is 0 Å². The van der Waals surface area contributed by atoms with Gasteiger partial charge in [0.1, 0.15) is 5.82 Å². The van der Waals surface area contributed by atoms with Crippen LogP contribution in [0.2, 0.25) is 5.02 Å². The van der Waals surface area contributed by atoms with Gasteiger partial charge in [-0.1, -0.05) is 17.5 Å². The van der Waals surface area contributed by atoms with Crippen molar-refractivity contribution in [3.05, 3.63) is 77.2 Å². The molecule has 4 rings (SSSR count). The zero-order valence-electron chi connectivity index (χ0n) is 15.8. The third-order valence-corrected chi connectivity index (χ3v) is 4.62. The van der Waals surface area contributed by atoms with Crippen molar-refractivity contribution in [1.29, 1.82) is 0 Å². The SMILES string of the molecule is C#Cc1cc(C(=O)Nc2cnc(-n3nccn3)c(Cl)c2)c(F)cc1-c1ccncc1N. The van der Waals surface area contributed by atoms with Crippen LogP contribution in [0.5, 0.6) is 0 Å². The number of pyridine rings is 2. The number of hydrogen-bond acceptors (Lipinski definition) is 6. The zero-order valence-corrected chi connectivity index (χ0v) is 16.5. The number of halogens is 2. The van der Waals surface area contributed by atoms with Crippen molar-refractivity contribution < 1.29 is 9.18 Å². The lowest BCUT2D eigenvalue weighted by Crippen LogP contribution is -2.15. The van der Waals surface area contributed by atoms with Crippen LogP contribution in [-0.2, 0) is 0 Å². The second-order valence-corrected chi connectivity index (χ2v) is 6.69. The van der Waals surface area contributed by atoms with E-state index >= 15 is 0 Å². The van der Waals surface area contributed by atoms with E-state index in [-0.39, 0.29) is 22.1 Å². The fourth-order valence-corrected chi connectivity index (χ4v) is 3.15. The van der Waals surface area contributed by atoms with Crippen LogP contribution in [0, 0.1) is 18.2 Å². The molecule has 0 unspecified atom stereocenters. The van der Waals surface area contributed by atoms with Gasteiger partial charge >= 0.3 is 0 Å². The minimum absolute atomic E-state index is 0.197. The van der Waals surface area contributed by atoms with Crippen molar-refractivity contribution in [2.75, 3.05) is 11.1 Å². The highest BCUT2D eigenvalue weighted by atomic mass is 35.5. The van der Waals surface area contributed by atoms with Crippen molar-refractivity contribution >= 4 is 28.9 Å². The van der Waals surface area contributed by atoms with Crippen LogP contribution < -0.4 is 11.1 Å². The number of amides is 1. The molecule has 152 valence electrons. The number of nitrogens with zero attached hydrogens (tertiary/aromatic N) is 5. The summed E-state index contributed by atoms with van der Waals surface area (Å²) in [4.78, 5) is 22.0. The molecule has 0 bridgehead atoms. The molecular weight excluding hydrogens is 421 g/mol. The van der Waals surface area contributed by atoms with Gasteiger partial charge in [-0.15, -0.1) is 11.2 Å². The molecule has 3 aromatic heterocycles. The third kappa shape index (κ3) is 3.92. The Morgan fingerprint density at radius 3 is 2.61 bits per heavy atom. The van der Waals surface area contributed by atoms with E-state index in [9.17, 15) is 9.18 Å². The Labute approximate surface area is 180 Å². The summed E-state index contributed by atoms with van der Waals surface area (Å²) in [5.41, 5.74) is 7.50. The maximum atomic E-state index is 14.8. The van der Waals surface area contributed by atoms with Crippen molar-refractivity contribution in [2.45, 2.75) is 0 Å². The van der Waals surface area contributed by atoms with E-state index in [0.29, 0.717) is 22.4 Å². The highest BCUT2D eigenvalue weighted by Gasteiger charge is 2.18. The van der Waals surface area contributed by atoms with E-state index in [1.165, 1.54) is 54.0 Å². The first-order valence-corrected chi connectivity index (χ1v) is 9.19. The average molecular weight is 434 g/mol. The molecule has 0 aliphatic heterocycles. The molecule has 4 aromatic rings. The Balaban J connectivity index is 1.64. The number of terminal acetylenes is 1. The molecular formula is C21H13ClFN7O. The number of nitrogens with two attached hydrogens (primary N) is 1. The molecule has 3 N–H and O–H groups in total. The quantitative estimate of drug-likeness (QED) is 0.477. The Bertz CT molecular complexity index is 1330. The van der Waals surface area contributed by atoms with E-state index in [1.54, 1.807) is 6.07 Å². The summed E-state index contributed by atoms with van der Waals surface area (Å²) in [6, 6.07) is 5.54. The highest BCUT2D eigenvalue weighted by molar-refractivity contribution is 6.32. The molecule has 1 amide bonds. The second-order valence-electron chi connectivity index (χ2n) is 6.29. The topological polar surface area (TPSA) is 112 Å². The van der Waals surface area contributed by atoms with Crippen LogP contribution in [0.25, 0.3) is 16.9 Å². The maximum Gasteiger partial charge on any atom is 0.258 e. The summed E-state index contributed by atoms with van der Waals surface area (Å²) in [5, 5.41) is 10.6. The van der Waals surface area contributed by atoms with E-state index < -0.39 is 11.7 Å². The Hall–Kier alpha value is -4.29. The van der Waals surface area contributed by atoms with E-state index in [4.69, 9.17) is 23.8 Å². The average Bonchev–Trinajstić information content (AvgIpc) is 3.28. The van der Waals surface area contributed by atoms with Crippen LogP contribution >= 0.6 is 11.6 Å². The molecule has 0 saturated carbocycles. The van der Waals surface area contributed by atoms with Crippen molar-refractivity contribution in [3.8, 4) is 29.3 Å². The van der Waals surface area contributed by atoms with Crippen LogP contribution in [0.15, 0.2) is 55.2 Å². The largest absolute Gasteiger partial charge is 0.397 e. The van der Waals surface area contributed by atoms with Crippen LogP contribution in [0.4, 0.5) is 15.8 Å². The lowest BCUT2D eigenvalue weighted by molar-refractivity contribution is 0.102. The van der Waals surface area contributed by atoms with Gasteiger partial charge in [0.2, 0.25) is 0 Å². The van der Waals surface area contributed by atoms with Gasteiger partial charge in [0, 0.05) is 22.9 Å². The first-order valence-electron chi connectivity index (χ1n) is 8.81. The van der Waals surface area contributed by atoms with Gasteiger partial charge in [0.15, 0.2) is 5.82 Å². The number of rotatable bonds is 4. The van der Waals surface area contributed by atoms with Crippen LogP contribution in [0.1, 0.15) is 15.9 Å². The van der Waals surface area contributed by atoms with Gasteiger partial charge in [-0.2, -0.15) is 10.2 Å². The smallest absolute Gasteiger partial charge is 0.258 e. The molecule has 3 heterocycles. The molecule has 0 radical (unpaired) electrons. The molecule has 0 spiro atoms. The van der Waals surface area contributed by atoms with Gasteiger partial charge < -0.3 is 11.1 Å². The van der Waals surface area contributed by atoms with Gasteiger partial charge in [-0.3, -0.25) is 9.78 Å². The summed E-state index contributed by atoms with van der Waals surface area (Å²) in [5.74, 6) is 1.27. The molecule has 0 fully saturated rings. The third-order valence-electron chi connectivity index (χ3n) is 4.34. The fraction of sp³-hybridized carbons (Fsp3) is 0. The van der Waals surface area contributed by atoms with E-state index in [1.807, 2.05) is 0 Å². The Kier molecular flexibility index (Phi) is 5.30. The van der Waals surface area contributed by atoms with Crippen molar-refractivity contribution in [3.63, 3.8) is 0 Å². The molecule has 0 aliphatic rings. The number of nitrogens with one attached hydrogen (secondary N) is 1. The Morgan fingerprint density at radius 2 is 1.94 bits per heavy atom. The lowest BCUT2D eigenvalue weighted by atomic mass is 9.96. The maximum absolute atomic E-state index is 14.8. The molecule has 8 nitrogen and oxygen atoms in total. The number of anilines is 2. The fourth-order valence-electron chi connectivity index (χ4n) is 2.91. The standard InChI is InChI=1S/C21H13ClFN7O/c1-2-12-7-16(18(23)9-15(12)14-3-4-25-11-19(14)24)21(31)29-13-8-17(22)20(26-10-13)30-27-5-6-28-30/h1,3-11H,24H2,(H,29,31). The summed E-state index contributed by atoms with van der Waals surface area (Å²) in [6.07, 6.45) is 12.9. The molecule has 0 aliphatic carbocycles. The summed E-state index contributed by atoms with van der Waals surface area (Å²) < 4.78 is 14.8. The first kappa shape index (κ1) is 20.0. The minimum Gasteiger partial charge on any atom is -0.397 e. The zero-order chi connectivity index (χ0) is 22.0. The number of carbonyl (C=O) groups excluding carboxylic acids is 1. The van der Waals surface area contributed by atoms with E-state index in [2.05, 4.69) is 31.4 Å². The predicted octanol–water partition coefficient (Wildman–Crippen LogP) is 3.33. The number of benzene rings is 1. The second kappa shape index (κ2) is 8.22. The van der Waals surface area contributed by atoms with Crippen molar-refractivity contribution in [1.82, 2.24) is 25.0 Å². The number of aromatic nitrogens is 5. The summed E-state index contributed by atoms with van der Waals surface area (Å²) in [7, 11) is 0. The van der Waals surface area contributed by atoms with Crippen LogP contribution in [-0.4, -0.2) is 30.9 Å². The molecule has 1 aromatic carbocycles. The monoisotopic (exact) mass is 433 g/mol. The number of nitrogen functional groups attached to an aromatic ring is 1.